The van der Waals surface area contributed by atoms with Crippen molar-refractivity contribution in [2.24, 2.45) is 0 Å². The molecular formula is C10H4Br2N2O. The lowest BCUT2D eigenvalue weighted by Gasteiger charge is -2.03. The van der Waals surface area contributed by atoms with Crippen molar-refractivity contribution in [3.63, 3.8) is 0 Å². The van der Waals surface area contributed by atoms with Gasteiger partial charge in [-0.05, 0) is 39.0 Å². The van der Waals surface area contributed by atoms with Gasteiger partial charge in [-0.15, -0.1) is 0 Å². The van der Waals surface area contributed by atoms with Crippen molar-refractivity contribution in [3.8, 4) is 16.8 Å². The zero-order valence-electron chi connectivity index (χ0n) is 7.34. The van der Waals surface area contributed by atoms with Gasteiger partial charge in [0.15, 0.2) is 0 Å². The minimum atomic E-state index is -0.419. The predicted octanol–water partition coefficient (Wildman–Crippen LogP) is 2.62. The Morgan fingerprint density at radius 1 is 1.47 bits per heavy atom. The zero-order chi connectivity index (χ0) is 11.3. The topological polar surface area (TPSA) is 52.9 Å². The number of hydrogen-bond donors (Lipinski definition) is 1. The van der Waals surface area contributed by atoms with E-state index in [1.165, 1.54) is 0 Å². The average Bonchev–Trinajstić information content (AvgIpc) is 2.21. The first-order valence-electron chi connectivity index (χ1n) is 3.79. The van der Waals surface area contributed by atoms with Crippen LogP contribution in [0.15, 0.2) is 22.7 Å². The first-order valence-corrected chi connectivity index (χ1v) is 5.38. The minimum Gasteiger partial charge on any atom is -0.314 e. The number of halogens is 2. The van der Waals surface area contributed by atoms with Crippen molar-refractivity contribution in [2.75, 3.05) is 5.32 Å². The van der Waals surface area contributed by atoms with Gasteiger partial charge >= 0.3 is 5.91 Å². The highest BCUT2D eigenvalue weighted by Gasteiger charge is 2.03. The molecule has 0 saturated carbocycles. The molecule has 0 fully saturated rings. The van der Waals surface area contributed by atoms with E-state index in [9.17, 15) is 4.79 Å². The predicted molar refractivity (Wildman–Crippen MR) is 64.2 cm³/mol. The molecule has 0 aliphatic carbocycles. The first kappa shape index (κ1) is 11.8. The summed E-state index contributed by atoms with van der Waals surface area (Å²) < 4.78 is 0.645. The fraction of sp³-hybridized carbons (Fsp3) is 0. The Bertz CT molecular complexity index is 494. The molecule has 1 amide bonds. The number of hydrogen-bond acceptors (Lipinski definition) is 2. The molecule has 0 aromatic heterocycles. The summed E-state index contributed by atoms with van der Waals surface area (Å²) in [6.07, 6.45) is 0. The summed E-state index contributed by atoms with van der Waals surface area (Å²) in [5.74, 6) is 1.86. The van der Waals surface area contributed by atoms with Crippen LogP contribution in [0.2, 0.25) is 0 Å². The number of carbonyl (C=O) groups is 1. The van der Waals surface area contributed by atoms with E-state index in [4.69, 9.17) is 5.26 Å². The summed E-state index contributed by atoms with van der Waals surface area (Å²) in [6, 6.07) is 6.87. The highest BCUT2D eigenvalue weighted by Crippen LogP contribution is 2.23. The summed E-state index contributed by atoms with van der Waals surface area (Å²) in [4.78, 5) is 13.4. The standard InChI is InChI=1S/C10H4Br2N2O/c11-4-3-10(15)14-9-2-1-7(6-13)5-8(9)12/h1-2,5H,(H,14,15). The number of nitriles is 1. The van der Waals surface area contributed by atoms with Gasteiger partial charge < -0.3 is 5.32 Å². The van der Waals surface area contributed by atoms with E-state index >= 15 is 0 Å². The molecule has 0 bridgehead atoms. The van der Waals surface area contributed by atoms with Crippen LogP contribution in [0.1, 0.15) is 5.56 Å². The Kier molecular flexibility index (Phi) is 4.36. The molecule has 0 radical (unpaired) electrons. The molecule has 0 spiro atoms. The number of anilines is 1. The van der Waals surface area contributed by atoms with Gasteiger partial charge in [-0.2, -0.15) is 5.26 Å². The molecule has 0 saturated heterocycles. The molecule has 1 aromatic carbocycles. The third-order valence-electron chi connectivity index (χ3n) is 1.51. The number of rotatable bonds is 1. The number of nitrogens with one attached hydrogen (secondary N) is 1. The van der Waals surface area contributed by atoms with Gasteiger partial charge in [0.2, 0.25) is 0 Å². The maximum atomic E-state index is 11.1. The molecule has 1 N–H and O–H groups in total. The molecule has 5 heteroatoms. The quantitative estimate of drug-likeness (QED) is 0.806. The third-order valence-corrected chi connectivity index (χ3v) is 2.36. The number of amides is 1. The summed E-state index contributed by atoms with van der Waals surface area (Å²) in [6.45, 7) is 0. The molecule has 1 rings (SSSR count). The molecule has 3 nitrogen and oxygen atoms in total. The molecule has 1 aromatic rings. The average molecular weight is 328 g/mol. The highest BCUT2D eigenvalue weighted by atomic mass is 79.9. The molecule has 15 heavy (non-hydrogen) atoms. The second kappa shape index (κ2) is 5.55. The summed E-state index contributed by atoms with van der Waals surface area (Å²) >= 11 is 6.07. The van der Waals surface area contributed by atoms with Gasteiger partial charge in [0.05, 0.1) is 17.3 Å². The number of benzene rings is 1. The van der Waals surface area contributed by atoms with Crippen molar-refractivity contribution in [3.05, 3.63) is 28.2 Å². The van der Waals surface area contributed by atoms with Gasteiger partial charge in [-0.3, -0.25) is 4.79 Å². The lowest BCUT2D eigenvalue weighted by molar-refractivity contribution is -0.111. The van der Waals surface area contributed by atoms with E-state index in [1.54, 1.807) is 18.2 Å². The van der Waals surface area contributed by atoms with Crippen LogP contribution in [0, 0.1) is 22.1 Å². The fourth-order valence-electron chi connectivity index (χ4n) is 0.883. The maximum absolute atomic E-state index is 11.1. The van der Waals surface area contributed by atoms with Gasteiger partial charge in [-0.1, -0.05) is 0 Å². The Hall–Kier alpha value is -1.30. The lowest BCUT2D eigenvalue weighted by Crippen LogP contribution is -2.08. The van der Waals surface area contributed by atoms with Crippen molar-refractivity contribution in [2.45, 2.75) is 0 Å². The van der Waals surface area contributed by atoms with Crippen molar-refractivity contribution >= 4 is 43.5 Å². The minimum absolute atomic E-state index is 0.419. The van der Waals surface area contributed by atoms with Crippen LogP contribution in [0.5, 0.6) is 0 Å². The van der Waals surface area contributed by atoms with Gasteiger partial charge in [0.25, 0.3) is 0 Å². The molecule has 0 heterocycles. The van der Waals surface area contributed by atoms with Gasteiger partial charge in [0.1, 0.15) is 0 Å². The second-order valence-electron chi connectivity index (χ2n) is 2.48. The van der Waals surface area contributed by atoms with E-state index in [1.807, 2.05) is 6.07 Å². The lowest BCUT2D eigenvalue weighted by atomic mass is 10.2. The van der Waals surface area contributed by atoms with Crippen LogP contribution in [0.3, 0.4) is 0 Å². The third kappa shape index (κ3) is 3.39. The molecular weight excluding hydrogens is 324 g/mol. The first-order chi connectivity index (χ1) is 7.17. The molecule has 0 aliphatic rings. The smallest absolute Gasteiger partial charge is 0.301 e. The Morgan fingerprint density at radius 3 is 2.73 bits per heavy atom. The zero-order valence-corrected chi connectivity index (χ0v) is 10.5. The van der Waals surface area contributed by atoms with Gasteiger partial charge in [-0.25, -0.2) is 0 Å². The highest BCUT2D eigenvalue weighted by molar-refractivity contribution is 9.12. The molecule has 0 unspecified atom stereocenters. The van der Waals surface area contributed by atoms with E-state index in [0.717, 1.165) is 0 Å². The molecule has 0 aliphatic heterocycles. The summed E-state index contributed by atoms with van der Waals surface area (Å²) in [5, 5.41) is 11.2. The van der Waals surface area contributed by atoms with Crippen LogP contribution >= 0.6 is 31.9 Å². The van der Waals surface area contributed by atoms with E-state index in [0.29, 0.717) is 15.7 Å². The largest absolute Gasteiger partial charge is 0.314 e. The van der Waals surface area contributed by atoms with Crippen molar-refractivity contribution in [1.29, 1.82) is 5.26 Å². The van der Waals surface area contributed by atoms with Crippen molar-refractivity contribution < 1.29 is 4.79 Å². The van der Waals surface area contributed by atoms with Crippen molar-refractivity contribution in [1.82, 2.24) is 0 Å². The fourth-order valence-corrected chi connectivity index (χ4v) is 1.54. The van der Waals surface area contributed by atoms with Crippen LogP contribution in [0.25, 0.3) is 0 Å². The second-order valence-corrected chi connectivity index (χ2v) is 3.73. The van der Waals surface area contributed by atoms with Crippen LogP contribution in [-0.2, 0) is 4.79 Å². The van der Waals surface area contributed by atoms with Crippen LogP contribution in [-0.4, -0.2) is 5.91 Å². The molecule has 74 valence electrons. The normalized spacial score (nSPS) is 8.33. The SMILES string of the molecule is N#Cc1ccc(NC(=O)C#CBr)c(Br)c1. The Balaban J connectivity index is 2.92. The summed E-state index contributed by atoms with van der Waals surface area (Å²) in [7, 11) is 0. The van der Waals surface area contributed by atoms with E-state index in [-0.39, 0.29) is 0 Å². The molecule has 0 atom stereocenters. The summed E-state index contributed by atoms with van der Waals surface area (Å²) in [5.41, 5.74) is 1.10. The van der Waals surface area contributed by atoms with Crippen LogP contribution in [0.4, 0.5) is 5.69 Å². The van der Waals surface area contributed by atoms with Gasteiger partial charge in [0, 0.05) is 26.3 Å². The number of nitrogens with zero attached hydrogens (tertiary/aromatic N) is 1. The van der Waals surface area contributed by atoms with E-state index < -0.39 is 5.91 Å². The number of carbonyl (C=O) groups excluding carboxylic acids is 1. The maximum Gasteiger partial charge on any atom is 0.301 e. The Labute approximate surface area is 104 Å². The monoisotopic (exact) mass is 326 g/mol. The van der Waals surface area contributed by atoms with Crippen LogP contribution < -0.4 is 5.32 Å². The van der Waals surface area contributed by atoms with E-state index in [2.05, 4.69) is 47.9 Å². The Morgan fingerprint density at radius 2 is 2.20 bits per heavy atom.